The molecule has 0 unspecified atom stereocenters. The van der Waals surface area contributed by atoms with Crippen LogP contribution in [0.4, 0.5) is 0 Å². The number of aryl methyl sites for hydroxylation is 1. The number of aliphatic hydroxyl groups excluding tert-OH is 1. The summed E-state index contributed by atoms with van der Waals surface area (Å²) in [7, 11) is 4.03. The Labute approximate surface area is 90.1 Å². The Kier molecular flexibility index (Phi) is 5.28. The monoisotopic (exact) mass is 213 g/mol. The Hall–Kier alpha value is -0.940. The molecular weight excluding hydrogens is 194 g/mol. The molecule has 0 bridgehead atoms. The predicted octanol–water partition coefficient (Wildman–Crippen LogP) is 0.489. The Morgan fingerprint density at radius 1 is 1.27 bits per heavy atom. The van der Waals surface area contributed by atoms with Crippen molar-refractivity contribution < 1.29 is 9.63 Å². The van der Waals surface area contributed by atoms with Crippen LogP contribution in [-0.2, 0) is 12.8 Å². The van der Waals surface area contributed by atoms with Crippen molar-refractivity contribution in [1.29, 1.82) is 0 Å². The summed E-state index contributed by atoms with van der Waals surface area (Å²) in [6.07, 6.45) is 3.26. The van der Waals surface area contributed by atoms with Crippen LogP contribution in [0.3, 0.4) is 0 Å². The molecule has 0 aliphatic carbocycles. The van der Waals surface area contributed by atoms with Crippen LogP contribution in [0.25, 0.3) is 0 Å². The van der Waals surface area contributed by atoms with Gasteiger partial charge in [0, 0.05) is 26.0 Å². The molecule has 15 heavy (non-hydrogen) atoms. The van der Waals surface area contributed by atoms with Gasteiger partial charge >= 0.3 is 0 Å². The molecule has 0 saturated heterocycles. The van der Waals surface area contributed by atoms with Gasteiger partial charge in [0.1, 0.15) is 0 Å². The Morgan fingerprint density at radius 3 is 2.73 bits per heavy atom. The number of likely N-dealkylation sites (N-methyl/N-ethyl adjacent to an activating group) is 1. The quantitative estimate of drug-likeness (QED) is 0.668. The maximum atomic E-state index is 8.62. The van der Waals surface area contributed by atoms with Crippen molar-refractivity contribution in [3.63, 3.8) is 0 Å². The average molecular weight is 213 g/mol. The number of nitrogens with zero attached hydrogens (tertiary/aromatic N) is 3. The van der Waals surface area contributed by atoms with Crippen molar-refractivity contribution in [2.24, 2.45) is 0 Å². The van der Waals surface area contributed by atoms with Crippen LogP contribution in [0, 0.1) is 0 Å². The lowest BCUT2D eigenvalue weighted by atomic mass is 10.2. The lowest BCUT2D eigenvalue weighted by molar-refractivity contribution is 0.280. The second-order valence-corrected chi connectivity index (χ2v) is 3.84. The van der Waals surface area contributed by atoms with Gasteiger partial charge in [-0.25, -0.2) is 0 Å². The van der Waals surface area contributed by atoms with Crippen LogP contribution in [0.15, 0.2) is 4.52 Å². The van der Waals surface area contributed by atoms with Gasteiger partial charge in [0.15, 0.2) is 5.82 Å². The minimum Gasteiger partial charge on any atom is -0.396 e. The molecule has 5 nitrogen and oxygen atoms in total. The summed E-state index contributed by atoms with van der Waals surface area (Å²) in [5.74, 6) is 1.44. The number of hydrogen-bond acceptors (Lipinski definition) is 5. The lowest BCUT2D eigenvalue weighted by Gasteiger charge is -2.05. The Morgan fingerprint density at radius 2 is 2.07 bits per heavy atom. The van der Waals surface area contributed by atoms with Crippen molar-refractivity contribution in [3.05, 3.63) is 11.7 Å². The molecule has 5 heteroatoms. The summed E-state index contributed by atoms with van der Waals surface area (Å²) in [6.45, 7) is 1.15. The molecule has 0 atom stereocenters. The average Bonchev–Trinajstić information content (AvgIpc) is 2.63. The van der Waals surface area contributed by atoms with E-state index in [1.54, 1.807) is 0 Å². The van der Waals surface area contributed by atoms with E-state index < -0.39 is 0 Å². The molecule has 1 rings (SSSR count). The van der Waals surface area contributed by atoms with E-state index in [2.05, 4.69) is 15.0 Å². The first-order valence-corrected chi connectivity index (χ1v) is 5.29. The van der Waals surface area contributed by atoms with E-state index in [1.807, 2.05) is 14.1 Å². The highest BCUT2D eigenvalue weighted by molar-refractivity contribution is 4.87. The highest BCUT2D eigenvalue weighted by Gasteiger charge is 2.05. The van der Waals surface area contributed by atoms with Crippen LogP contribution in [0.1, 0.15) is 24.6 Å². The summed E-state index contributed by atoms with van der Waals surface area (Å²) < 4.78 is 5.08. The van der Waals surface area contributed by atoms with E-state index in [0.29, 0.717) is 5.89 Å². The Balaban J connectivity index is 2.29. The second-order valence-electron chi connectivity index (χ2n) is 3.84. The van der Waals surface area contributed by atoms with E-state index in [9.17, 15) is 0 Å². The van der Waals surface area contributed by atoms with Crippen molar-refractivity contribution in [2.75, 3.05) is 27.2 Å². The van der Waals surface area contributed by atoms with Crippen molar-refractivity contribution in [2.45, 2.75) is 25.7 Å². The van der Waals surface area contributed by atoms with Gasteiger partial charge < -0.3 is 14.5 Å². The summed E-state index contributed by atoms with van der Waals surface area (Å²) in [5, 5.41) is 12.5. The third-order valence-electron chi connectivity index (χ3n) is 2.09. The lowest BCUT2D eigenvalue weighted by Crippen LogP contribution is -2.15. The minimum absolute atomic E-state index is 0.224. The topological polar surface area (TPSA) is 62.4 Å². The van der Waals surface area contributed by atoms with Gasteiger partial charge in [0.25, 0.3) is 0 Å². The molecule has 0 spiro atoms. The first-order valence-electron chi connectivity index (χ1n) is 5.29. The summed E-state index contributed by atoms with van der Waals surface area (Å²) in [6, 6.07) is 0. The van der Waals surface area contributed by atoms with Crippen LogP contribution in [-0.4, -0.2) is 47.4 Å². The summed E-state index contributed by atoms with van der Waals surface area (Å²) in [5.41, 5.74) is 0. The van der Waals surface area contributed by atoms with Crippen molar-refractivity contribution >= 4 is 0 Å². The fourth-order valence-electron chi connectivity index (χ4n) is 1.20. The highest BCUT2D eigenvalue weighted by Crippen LogP contribution is 2.03. The predicted molar refractivity (Wildman–Crippen MR) is 56.6 cm³/mol. The van der Waals surface area contributed by atoms with Gasteiger partial charge in [-0.3, -0.25) is 0 Å². The fraction of sp³-hybridized carbons (Fsp3) is 0.800. The number of unbranched alkanes of at least 4 members (excludes halogenated alkanes) is 1. The van der Waals surface area contributed by atoms with Gasteiger partial charge in [0.05, 0.1) is 0 Å². The number of aromatic nitrogens is 2. The maximum Gasteiger partial charge on any atom is 0.226 e. The highest BCUT2D eigenvalue weighted by atomic mass is 16.5. The van der Waals surface area contributed by atoms with E-state index in [0.717, 1.165) is 38.1 Å². The number of hydrogen-bond donors (Lipinski definition) is 1. The van der Waals surface area contributed by atoms with E-state index in [-0.39, 0.29) is 6.61 Å². The molecule has 0 aliphatic heterocycles. The van der Waals surface area contributed by atoms with Gasteiger partial charge in [-0.15, -0.1) is 0 Å². The van der Waals surface area contributed by atoms with Crippen molar-refractivity contribution in [1.82, 2.24) is 15.0 Å². The van der Waals surface area contributed by atoms with Gasteiger partial charge in [0.2, 0.25) is 5.89 Å². The molecule has 0 fully saturated rings. The Bertz CT molecular complexity index is 273. The van der Waals surface area contributed by atoms with Gasteiger partial charge in [-0.2, -0.15) is 4.98 Å². The first-order chi connectivity index (χ1) is 7.22. The maximum absolute atomic E-state index is 8.62. The van der Waals surface area contributed by atoms with Gasteiger partial charge in [-0.1, -0.05) is 5.16 Å². The van der Waals surface area contributed by atoms with Crippen LogP contribution < -0.4 is 0 Å². The number of rotatable bonds is 7. The van der Waals surface area contributed by atoms with E-state index in [4.69, 9.17) is 9.63 Å². The fourth-order valence-corrected chi connectivity index (χ4v) is 1.20. The molecule has 0 aromatic carbocycles. The number of aliphatic hydroxyl groups is 1. The molecule has 0 radical (unpaired) electrons. The van der Waals surface area contributed by atoms with Gasteiger partial charge in [-0.05, 0) is 26.9 Å². The van der Waals surface area contributed by atoms with Crippen LogP contribution in [0.2, 0.25) is 0 Å². The molecule has 0 aliphatic rings. The molecule has 1 heterocycles. The zero-order valence-corrected chi connectivity index (χ0v) is 9.44. The standard InChI is InChI=1S/C10H19N3O2/c1-13(2)7-6-9-11-10(15-12-9)5-3-4-8-14/h14H,3-8H2,1-2H3. The van der Waals surface area contributed by atoms with E-state index in [1.165, 1.54) is 0 Å². The summed E-state index contributed by atoms with van der Waals surface area (Å²) >= 11 is 0. The van der Waals surface area contributed by atoms with Crippen molar-refractivity contribution in [3.8, 4) is 0 Å². The first kappa shape index (κ1) is 12.1. The van der Waals surface area contributed by atoms with Crippen LogP contribution in [0.5, 0.6) is 0 Å². The molecule has 0 amide bonds. The smallest absolute Gasteiger partial charge is 0.226 e. The van der Waals surface area contributed by atoms with Crippen LogP contribution >= 0.6 is 0 Å². The zero-order chi connectivity index (χ0) is 11.1. The third-order valence-corrected chi connectivity index (χ3v) is 2.09. The van der Waals surface area contributed by atoms with E-state index >= 15 is 0 Å². The largest absolute Gasteiger partial charge is 0.396 e. The molecule has 0 saturated carbocycles. The molecular formula is C10H19N3O2. The SMILES string of the molecule is CN(C)CCc1noc(CCCCO)n1. The molecule has 1 N–H and O–H groups in total. The summed E-state index contributed by atoms with van der Waals surface area (Å²) in [4.78, 5) is 6.35. The zero-order valence-electron chi connectivity index (χ0n) is 9.44. The molecule has 1 aromatic heterocycles. The normalized spacial score (nSPS) is 11.2. The second kappa shape index (κ2) is 6.53. The molecule has 86 valence electrons. The molecule has 1 aromatic rings. The minimum atomic E-state index is 0.224. The third kappa shape index (κ3) is 4.90.